The van der Waals surface area contributed by atoms with Crippen LogP contribution in [0, 0.1) is 11.7 Å². The van der Waals surface area contributed by atoms with Gasteiger partial charge in [0.25, 0.3) is 0 Å². The summed E-state index contributed by atoms with van der Waals surface area (Å²) in [6.45, 7) is 5.02. The lowest BCUT2D eigenvalue weighted by Gasteiger charge is -2.19. The summed E-state index contributed by atoms with van der Waals surface area (Å²) in [5.41, 5.74) is 2.72. The first kappa shape index (κ1) is 19.0. The van der Waals surface area contributed by atoms with E-state index < -0.39 is 0 Å². The molecule has 0 amide bonds. The van der Waals surface area contributed by atoms with E-state index in [0.717, 1.165) is 22.4 Å². The maximum Gasteiger partial charge on any atom is 0.131 e. The second-order valence-corrected chi connectivity index (χ2v) is 8.20. The molecule has 3 aromatic carbocycles. The first-order valence-electron chi connectivity index (χ1n) is 10.6. The van der Waals surface area contributed by atoms with E-state index in [9.17, 15) is 4.39 Å². The summed E-state index contributed by atoms with van der Waals surface area (Å²) in [5.74, 6) is 2.66. The van der Waals surface area contributed by atoms with Crippen molar-refractivity contribution in [2.75, 3.05) is 6.61 Å². The molecule has 0 bridgehead atoms. The van der Waals surface area contributed by atoms with Gasteiger partial charge in [0, 0.05) is 5.39 Å². The number of rotatable bonds is 6. The summed E-state index contributed by atoms with van der Waals surface area (Å²) in [5, 5.41) is 1.81. The van der Waals surface area contributed by atoms with Gasteiger partial charge in [0.15, 0.2) is 0 Å². The molecule has 28 heavy (non-hydrogen) atoms. The largest absolute Gasteiger partial charge is 0.494 e. The molecule has 4 rings (SSSR count). The average molecular weight is 377 g/mol. The second kappa shape index (κ2) is 8.34. The monoisotopic (exact) mass is 376 g/mol. The molecule has 3 aromatic rings. The Morgan fingerprint density at radius 3 is 2.46 bits per heavy atom. The van der Waals surface area contributed by atoms with Gasteiger partial charge >= 0.3 is 0 Å². The standard InChI is InChI=1S/C26H29FO/c1-3-28-22-12-10-20(11-13-22)21-9-8-19(17-21)16-18(2)23-14-15-26(27)25-7-5-4-6-24(23)25/h4-7,10-15,18-19,21H,3,8-9,16-17H2,1-2H3/t18-,19+,21+/m0/s1. The van der Waals surface area contributed by atoms with Crippen LogP contribution in [-0.2, 0) is 0 Å². The van der Waals surface area contributed by atoms with Crippen molar-refractivity contribution >= 4 is 10.8 Å². The van der Waals surface area contributed by atoms with Gasteiger partial charge in [-0.2, -0.15) is 0 Å². The first-order chi connectivity index (χ1) is 13.7. The number of benzene rings is 3. The lowest BCUT2D eigenvalue weighted by molar-refractivity contribution is 0.340. The Morgan fingerprint density at radius 1 is 0.964 bits per heavy atom. The molecular formula is C26H29FO. The highest BCUT2D eigenvalue weighted by molar-refractivity contribution is 5.86. The number of ether oxygens (including phenoxy) is 1. The number of fused-ring (bicyclic) bond motifs is 1. The van der Waals surface area contributed by atoms with Crippen molar-refractivity contribution < 1.29 is 9.13 Å². The molecule has 1 saturated carbocycles. The summed E-state index contributed by atoms with van der Waals surface area (Å²) < 4.78 is 19.7. The fourth-order valence-corrected chi connectivity index (χ4v) is 4.94. The van der Waals surface area contributed by atoms with Gasteiger partial charge in [-0.25, -0.2) is 4.39 Å². The molecule has 146 valence electrons. The van der Waals surface area contributed by atoms with Crippen LogP contribution in [0.3, 0.4) is 0 Å². The summed E-state index contributed by atoms with van der Waals surface area (Å²) in [6, 6.07) is 20.1. The topological polar surface area (TPSA) is 9.23 Å². The van der Waals surface area contributed by atoms with Gasteiger partial charge in [-0.05, 0) is 85.1 Å². The van der Waals surface area contributed by atoms with Gasteiger partial charge in [-0.15, -0.1) is 0 Å². The molecule has 0 aliphatic heterocycles. The van der Waals surface area contributed by atoms with Crippen molar-refractivity contribution in [1.29, 1.82) is 0 Å². The fourth-order valence-electron chi connectivity index (χ4n) is 4.94. The summed E-state index contributed by atoms with van der Waals surface area (Å²) >= 11 is 0. The van der Waals surface area contributed by atoms with E-state index in [4.69, 9.17) is 4.74 Å². The van der Waals surface area contributed by atoms with E-state index in [1.165, 1.54) is 36.8 Å². The van der Waals surface area contributed by atoms with E-state index in [2.05, 4.69) is 37.3 Å². The van der Waals surface area contributed by atoms with Crippen LogP contribution in [0.2, 0.25) is 0 Å². The smallest absolute Gasteiger partial charge is 0.131 e. The van der Waals surface area contributed by atoms with Crippen molar-refractivity contribution in [1.82, 2.24) is 0 Å². The van der Waals surface area contributed by atoms with E-state index in [1.54, 1.807) is 6.07 Å². The molecule has 0 radical (unpaired) electrons. The molecule has 0 aromatic heterocycles. The van der Waals surface area contributed by atoms with Crippen molar-refractivity contribution in [3.8, 4) is 5.75 Å². The van der Waals surface area contributed by atoms with Crippen LogP contribution in [0.1, 0.15) is 62.5 Å². The molecular weight excluding hydrogens is 347 g/mol. The minimum absolute atomic E-state index is 0.122. The predicted molar refractivity (Wildman–Crippen MR) is 115 cm³/mol. The zero-order valence-corrected chi connectivity index (χ0v) is 16.8. The highest BCUT2D eigenvalue weighted by Crippen LogP contribution is 2.43. The van der Waals surface area contributed by atoms with E-state index in [0.29, 0.717) is 18.4 Å². The normalized spacial score (nSPS) is 20.4. The first-order valence-corrected chi connectivity index (χ1v) is 10.6. The average Bonchev–Trinajstić information content (AvgIpc) is 3.17. The Hall–Kier alpha value is -2.35. The quantitative estimate of drug-likeness (QED) is 0.434. The van der Waals surface area contributed by atoms with Gasteiger partial charge in [-0.3, -0.25) is 0 Å². The van der Waals surface area contributed by atoms with Gasteiger partial charge in [0.05, 0.1) is 6.61 Å². The third-order valence-corrected chi connectivity index (χ3v) is 6.33. The summed E-state index contributed by atoms with van der Waals surface area (Å²) in [7, 11) is 0. The Bertz CT molecular complexity index is 931. The minimum atomic E-state index is -0.122. The maximum atomic E-state index is 14.1. The van der Waals surface area contributed by atoms with E-state index in [1.807, 2.05) is 31.2 Å². The Balaban J connectivity index is 1.44. The SMILES string of the molecule is CCOc1ccc([C@@H]2CC[C@H](C[C@H](C)c3ccc(F)c4ccccc34)C2)cc1. The molecule has 0 spiro atoms. The lowest BCUT2D eigenvalue weighted by atomic mass is 9.86. The minimum Gasteiger partial charge on any atom is -0.494 e. The fraction of sp³-hybridized carbons (Fsp3) is 0.385. The molecule has 1 aliphatic carbocycles. The molecule has 3 atom stereocenters. The number of hydrogen-bond donors (Lipinski definition) is 0. The van der Waals surface area contributed by atoms with Crippen LogP contribution >= 0.6 is 0 Å². The van der Waals surface area contributed by atoms with Crippen LogP contribution in [0.4, 0.5) is 4.39 Å². The molecule has 0 N–H and O–H groups in total. The number of halogens is 1. The molecule has 1 aliphatic rings. The second-order valence-electron chi connectivity index (χ2n) is 8.20. The predicted octanol–water partition coefficient (Wildman–Crippen LogP) is 7.46. The summed E-state index contributed by atoms with van der Waals surface area (Å²) in [6.07, 6.45) is 4.96. The van der Waals surface area contributed by atoms with Gasteiger partial charge in [-0.1, -0.05) is 49.4 Å². The Labute approximate surface area is 167 Å². The molecule has 2 heteroatoms. The van der Waals surface area contributed by atoms with Crippen molar-refractivity contribution in [3.63, 3.8) is 0 Å². The van der Waals surface area contributed by atoms with E-state index in [-0.39, 0.29) is 5.82 Å². The highest BCUT2D eigenvalue weighted by atomic mass is 19.1. The van der Waals surface area contributed by atoms with Crippen LogP contribution in [0.5, 0.6) is 5.75 Å². The zero-order chi connectivity index (χ0) is 19.5. The molecule has 0 saturated heterocycles. The lowest BCUT2D eigenvalue weighted by Crippen LogP contribution is -2.04. The molecule has 1 nitrogen and oxygen atoms in total. The van der Waals surface area contributed by atoms with E-state index >= 15 is 0 Å². The maximum absolute atomic E-state index is 14.1. The van der Waals surface area contributed by atoms with Crippen LogP contribution < -0.4 is 4.74 Å². The molecule has 0 heterocycles. The van der Waals surface area contributed by atoms with Crippen LogP contribution in [-0.4, -0.2) is 6.61 Å². The Morgan fingerprint density at radius 2 is 1.71 bits per heavy atom. The van der Waals surface area contributed by atoms with Crippen molar-refractivity contribution in [2.24, 2.45) is 5.92 Å². The summed E-state index contributed by atoms with van der Waals surface area (Å²) in [4.78, 5) is 0. The number of hydrogen-bond acceptors (Lipinski definition) is 1. The Kier molecular flexibility index (Phi) is 5.66. The van der Waals surface area contributed by atoms with Gasteiger partial charge in [0.1, 0.15) is 11.6 Å². The molecule has 1 fully saturated rings. The van der Waals surface area contributed by atoms with Crippen molar-refractivity contribution in [3.05, 3.63) is 77.6 Å². The zero-order valence-electron chi connectivity index (χ0n) is 16.8. The van der Waals surface area contributed by atoms with Crippen molar-refractivity contribution in [2.45, 2.75) is 51.4 Å². The molecule has 0 unspecified atom stereocenters. The van der Waals surface area contributed by atoms with Crippen LogP contribution in [0.15, 0.2) is 60.7 Å². The van der Waals surface area contributed by atoms with Gasteiger partial charge in [0.2, 0.25) is 0 Å². The van der Waals surface area contributed by atoms with Crippen LogP contribution in [0.25, 0.3) is 10.8 Å². The third-order valence-electron chi connectivity index (χ3n) is 6.33. The highest BCUT2D eigenvalue weighted by Gasteiger charge is 2.27. The van der Waals surface area contributed by atoms with Gasteiger partial charge < -0.3 is 4.74 Å². The third kappa shape index (κ3) is 3.92.